The predicted octanol–water partition coefficient (Wildman–Crippen LogP) is 5.20. The Bertz CT molecular complexity index is 1010. The van der Waals surface area contributed by atoms with Crippen LogP contribution < -0.4 is 10.5 Å². The molecule has 1 saturated carbocycles. The molecule has 3 aromatic rings. The number of carboxylic acids is 1. The molecule has 4 rings (SSSR count). The Morgan fingerprint density at radius 3 is 2.32 bits per heavy atom. The molecule has 0 saturated heterocycles. The molecule has 0 aromatic heterocycles. The fraction of sp³-hybridized carbons (Fsp3) is 0.136. The second kappa shape index (κ2) is 7.51. The van der Waals surface area contributed by atoms with E-state index >= 15 is 0 Å². The number of rotatable bonds is 6. The molecule has 1 aliphatic carbocycles. The highest BCUT2D eigenvalue weighted by atomic mass is 35.5. The van der Waals surface area contributed by atoms with E-state index in [9.17, 15) is 9.90 Å². The van der Waals surface area contributed by atoms with Crippen LogP contribution in [0.2, 0.25) is 5.02 Å². The summed E-state index contributed by atoms with van der Waals surface area (Å²) in [6.45, 7) is 0. The Labute approximate surface area is 172 Å². The smallest absolute Gasteiger partial charge is 0.325 e. The lowest BCUT2D eigenvalue weighted by molar-refractivity contribution is -0.140. The third-order valence-electron chi connectivity index (χ3n) is 5.04. The number of nitrogen functional groups attached to an aromatic ring is 1. The minimum Gasteiger partial charge on any atom is -0.480 e. The predicted molar refractivity (Wildman–Crippen MR) is 114 cm³/mol. The molecule has 0 radical (unpaired) electrons. The van der Waals surface area contributed by atoms with Crippen LogP contribution in [0.5, 0.6) is 0 Å². The standard InChI is InChI=1S/C22H19ClN2O2S/c23-17-8-4-14(5-9-17)15-6-10-19(11-7-15)28-25-22(21(26)27)13-20(22)16-2-1-3-18(24)12-16/h1-12,20,25H,13,24H2,(H,26,27). The number of carboxylic acid groups (broad SMARTS) is 1. The molecule has 0 bridgehead atoms. The number of carbonyl (C=O) groups is 1. The summed E-state index contributed by atoms with van der Waals surface area (Å²) in [6, 6.07) is 23.1. The molecule has 1 fully saturated rings. The van der Waals surface area contributed by atoms with Crippen LogP contribution in [0, 0.1) is 0 Å². The average Bonchev–Trinajstić information content (AvgIpc) is 3.44. The van der Waals surface area contributed by atoms with Gasteiger partial charge in [-0.3, -0.25) is 4.79 Å². The molecule has 0 amide bonds. The maximum Gasteiger partial charge on any atom is 0.325 e. The first-order chi connectivity index (χ1) is 13.5. The van der Waals surface area contributed by atoms with E-state index in [1.807, 2.05) is 66.7 Å². The van der Waals surface area contributed by atoms with Crippen LogP contribution in [0.4, 0.5) is 5.69 Å². The highest BCUT2D eigenvalue weighted by Crippen LogP contribution is 2.53. The summed E-state index contributed by atoms with van der Waals surface area (Å²) in [5, 5.41) is 10.5. The highest BCUT2D eigenvalue weighted by molar-refractivity contribution is 7.97. The van der Waals surface area contributed by atoms with Gasteiger partial charge in [0.25, 0.3) is 0 Å². The van der Waals surface area contributed by atoms with E-state index in [-0.39, 0.29) is 5.92 Å². The number of halogens is 1. The van der Waals surface area contributed by atoms with Crippen LogP contribution in [0.1, 0.15) is 17.9 Å². The fourth-order valence-corrected chi connectivity index (χ4v) is 4.35. The van der Waals surface area contributed by atoms with Gasteiger partial charge in [-0.1, -0.05) is 48.0 Å². The highest BCUT2D eigenvalue weighted by Gasteiger charge is 2.61. The average molecular weight is 411 g/mol. The van der Waals surface area contributed by atoms with Crippen molar-refractivity contribution in [1.82, 2.24) is 4.72 Å². The molecule has 0 spiro atoms. The van der Waals surface area contributed by atoms with Crippen molar-refractivity contribution in [1.29, 1.82) is 0 Å². The van der Waals surface area contributed by atoms with Gasteiger partial charge in [0.15, 0.2) is 0 Å². The van der Waals surface area contributed by atoms with Gasteiger partial charge in [-0.25, -0.2) is 4.72 Å². The number of nitrogens with two attached hydrogens (primary N) is 1. The SMILES string of the molecule is Nc1cccc(C2CC2(NSc2ccc(-c3ccc(Cl)cc3)cc2)C(=O)O)c1. The number of hydrogen-bond donors (Lipinski definition) is 3. The summed E-state index contributed by atoms with van der Waals surface area (Å²) in [5.74, 6) is -0.931. The summed E-state index contributed by atoms with van der Waals surface area (Å²) in [4.78, 5) is 12.9. The van der Waals surface area contributed by atoms with Gasteiger partial charge in [-0.05, 0) is 71.5 Å². The molecule has 3 aromatic carbocycles. The number of anilines is 1. The van der Waals surface area contributed by atoms with Crippen molar-refractivity contribution < 1.29 is 9.90 Å². The topological polar surface area (TPSA) is 75.3 Å². The van der Waals surface area contributed by atoms with Gasteiger partial charge >= 0.3 is 5.97 Å². The van der Waals surface area contributed by atoms with E-state index in [0.29, 0.717) is 17.1 Å². The maximum absolute atomic E-state index is 11.9. The van der Waals surface area contributed by atoms with E-state index < -0.39 is 11.5 Å². The van der Waals surface area contributed by atoms with Crippen molar-refractivity contribution in [2.75, 3.05) is 5.73 Å². The third kappa shape index (κ3) is 3.74. The summed E-state index contributed by atoms with van der Waals surface area (Å²) >= 11 is 7.28. The second-order valence-corrected chi connectivity index (χ2v) is 8.25. The van der Waals surface area contributed by atoms with E-state index in [1.165, 1.54) is 11.9 Å². The minimum atomic E-state index is -0.965. The minimum absolute atomic E-state index is 0.0886. The van der Waals surface area contributed by atoms with Gasteiger partial charge in [-0.15, -0.1) is 0 Å². The number of benzene rings is 3. The van der Waals surface area contributed by atoms with Crippen molar-refractivity contribution in [2.24, 2.45) is 0 Å². The van der Waals surface area contributed by atoms with Crippen molar-refractivity contribution >= 4 is 35.2 Å². The van der Waals surface area contributed by atoms with Crippen molar-refractivity contribution in [2.45, 2.75) is 22.8 Å². The number of hydrogen-bond acceptors (Lipinski definition) is 4. The maximum atomic E-state index is 11.9. The van der Waals surface area contributed by atoms with Crippen LogP contribution in [0.15, 0.2) is 77.7 Å². The first-order valence-electron chi connectivity index (χ1n) is 8.87. The van der Waals surface area contributed by atoms with E-state index in [4.69, 9.17) is 17.3 Å². The zero-order chi connectivity index (χ0) is 19.7. The van der Waals surface area contributed by atoms with Crippen LogP contribution in [0.3, 0.4) is 0 Å². The van der Waals surface area contributed by atoms with Gasteiger partial charge in [-0.2, -0.15) is 0 Å². The van der Waals surface area contributed by atoms with E-state index in [2.05, 4.69) is 4.72 Å². The quantitative estimate of drug-likeness (QED) is 0.385. The van der Waals surface area contributed by atoms with Crippen LogP contribution in [-0.2, 0) is 4.79 Å². The van der Waals surface area contributed by atoms with Gasteiger partial charge < -0.3 is 10.8 Å². The first kappa shape index (κ1) is 18.9. The lowest BCUT2D eigenvalue weighted by atomic mass is 10.1. The van der Waals surface area contributed by atoms with Crippen molar-refractivity contribution in [3.05, 3.63) is 83.4 Å². The molecule has 2 unspecified atom stereocenters. The zero-order valence-corrected chi connectivity index (χ0v) is 16.5. The third-order valence-corrected chi connectivity index (χ3v) is 6.26. The van der Waals surface area contributed by atoms with E-state index in [0.717, 1.165) is 21.6 Å². The van der Waals surface area contributed by atoms with Crippen LogP contribution in [-0.4, -0.2) is 16.6 Å². The summed E-state index contributed by atoms with van der Waals surface area (Å²) in [6.07, 6.45) is 0.543. The molecule has 1 aliphatic rings. The Morgan fingerprint density at radius 2 is 1.71 bits per heavy atom. The zero-order valence-electron chi connectivity index (χ0n) is 14.9. The summed E-state index contributed by atoms with van der Waals surface area (Å²) in [5.41, 5.74) is 8.64. The fourth-order valence-electron chi connectivity index (χ4n) is 3.34. The molecule has 0 aliphatic heterocycles. The largest absolute Gasteiger partial charge is 0.480 e. The molecule has 0 heterocycles. The molecule has 4 N–H and O–H groups in total. The Morgan fingerprint density at radius 1 is 1.07 bits per heavy atom. The van der Waals surface area contributed by atoms with E-state index in [1.54, 1.807) is 6.07 Å². The van der Waals surface area contributed by atoms with Gasteiger partial charge in [0, 0.05) is 21.5 Å². The summed E-state index contributed by atoms with van der Waals surface area (Å²) < 4.78 is 3.18. The second-order valence-electron chi connectivity index (χ2n) is 6.94. The monoisotopic (exact) mass is 410 g/mol. The molecule has 142 valence electrons. The van der Waals surface area contributed by atoms with Crippen molar-refractivity contribution in [3.63, 3.8) is 0 Å². The van der Waals surface area contributed by atoms with Crippen molar-refractivity contribution in [3.8, 4) is 11.1 Å². The van der Waals surface area contributed by atoms with Crippen LogP contribution in [0.25, 0.3) is 11.1 Å². The molecular weight excluding hydrogens is 392 g/mol. The number of aliphatic carboxylic acids is 1. The normalized spacial score (nSPS) is 20.7. The molecule has 6 heteroatoms. The Kier molecular flexibility index (Phi) is 5.06. The lowest BCUT2D eigenvalue weighted by Crippen LogP contribution is -2.36. The summed E-state index contributed by atoms with van der Waals surface area (Å²) in [7, 11) is 0. The van der Waals surface area contributed by atoms with Gasteiger partial charge in [0.2, 0.25) is 0 Å². The molecule has 28 heavy (non-hydrogen) atoms. The molecular formula is C22H19ClN2O2S. The Balaban J connectivity index is 1.45. The lowest BCUT2D eigenvalue weighted by Gasteiger charge is -2.15. The van der Waals surface area contributed by atoms with Gasteiger partial charge in [0.05, 0.1) is 0 Å². The molecule has 2 atom stereocenters. The van der Waals surface area contributed by atoms with Crippen LogP contribution >= 0.6 is 23.5 Å². The Hall–Kier alpha value is -2.47. The first-order valence-corrected chi connectivity index (χ1v) is 10.1. The molecule has 4 nitrogen and oxygen atoms in total. The van der Waals surface area contributed by atoms with Gasteiger partial charge in [0.1, 0.15) is 5.54 Å². The number of nitrogens with one attached hydrogen (secondary N) is 1.